The molecule has 27 heavy (non-hydrogen) atoms. The number of aryl methyl sites for hydroxylation is 1. The Kier molecular flexibility index (Phi) is 5.83. The van der Waals surface area contributed by atoms with Crippen molar-refractivity contribution in [1.29, 1.82) is 0 Å². The molecule has 1 aromatic rings. The van der Waals surface area contributed by atoms with Crippen molar-refractivity contribution in [3.63, 3.8) is 0 Å². The molecule has 0 aromatic heterocycles. The maximum absolute atomic E-state index is 11.6. The molecule has 3 amide bonds. The van der Waals surface area contributed by atoms with Crippen LogP contribution < -0.4 is 15.5 Å². The van der Waals surface area contributed by atoms with E-state index in [0.717, 1.165) is 32.1 Å². The molecule has 3 rings (SSSR count). The van der Waals surface area contributed by atoms with Gasteiger partial charge in [0.15, 0.2) is 5.96 Å². The summed E-state index contributed by atoms with van der Waals surface area (Å²) in [6, 6.07) is 6.12. The van der Waals surface area contributed by atoms with Crippen LogP contribution >= 0.6 is 0 Å². The van der Waals surface area contributed by atoms with Crippen molar-refractivity contribution in [2.24, 2.45) is 4.99 Å². The van der Waals surface area contributed by atoms with E-state index < -0.39 is 0 Å². The van der Waals surface area contributed by atoms with Crippen LogP contribution in [0.2, 0.25) is 0 Å². The summed E-state index contributed by atoms with van der Waals surface area (Å²) >= 11 is 0. The molecule has 1 aromatic carbocycles. The summed E-state index contributed by atoms with van der Waals surface area (Å²) in [5.41, 5.74) is 3.95. The molecule has 2 N–H and O–H groups in total. The number of guanidine groups is 1. The number of anilines is 1. The van der Waals surface area contributed by atoms with Crippen LogP contribution in [-0.4, -0.2) is 80.6 Å². The minimum absolute atomic E-state index is 0.0912. The van der Waals surface area contributed by atoms with E-state index in [0.29, 0.717) is 13.1 Å². The van der Waals surface area contributed by atoms with Crippen molar-refractivity contribution < 1.29 is 9.59 Å². The van der Waals surface area contributed by atoms with Crippen LogP contribution in [0.5, 0.6) is 0 Å². The number of hydrogen-bond acceptors (Lipinski definition) is 4. The van der Waals surface area contributed by atoms with E-state index in [9.17, 15) is 9.59 Å². The number of hydrogen-bond donors (Lipinski definition) is 2. The second-order valence-electron chi connectivity index (χ2n) is 6.87. The first kappa shape index (κ1) is 19.0. The lowest BCUT2D eigenvalue weighted by Gasteiger charge is -2.38. The van der Waals surface area contributed by atoms with Gasteiger partial charge in [-0.3, -0.25) is 14.7 Å². The van der Waals surface area contributed by atoms with Crippen molar-refractivity contribution in [3.8, 4) is 0 Å². The third-order valence-corrected chi connectivity index (χ3v) is 5.26. The molecule has 0 radical (unpaired) electrons. The number of amides is 3. The molecular formula is C19H28N6O2. The summed E-state index contributed by atoms with van der Waals surface area (Å²) in [6.45, 7) is 8.84. The molecular weight excluding hydrogens is 344 g/mol. The number of nitrogens with zero attached hydrogens (tertiary/aromatic N) is 4. The molecule has 146 valence electrons. The highest BCUT2D eigenvalue weighted by atomic mass is 16.2. The zero-order valence-electron chi connectivity index (χ0n) is 16.3. The number of piperazine rings is 1. The number of rotatable bonds is 4. The maximum atomic E-state index is 11.6. The predicted molar refractivity (Wildman–Crippen MR) is 106 cm³/mol. The molecule has 2 fully saturated rings. The van der Waals surface area contributed by atoms with E-state index in [-0.39, 0.29) is 18.5 Å². The average Bonchev–Trinajstić information content (AvgIpc) is 2.99. The van der Waals surface area contributed by atoms with Gasteiger partial charge in [-0.1, -0.05) is 12.1 Å². The molecule has 2 heterocycles. The predicted octanol–water partition coefficient (Wildman–Crippen LogP) is 0.553. The summed E-state index contributed by atoms with van der Waals surface area (Å²) in [4.78, 5) is 33.4. The van der Waals surface area contributed by atoms with Gasteiger partial charge >= 0.3 is 6.03 Å². The summed E-state index contributed by atoms with van der Waals surface area (Å²) in [5, 5.41) is 5.79. The fourth-order valence-corrected chi connectivity index (χ4v) is 3.53. The average molecular weight is 372 g/mol. The van der Waals surface area contributed by atoms with Crippen molar-refractivity contribution in [2.75, 3.05) is 57.8 Å². The third-order valence-electron chi connectivity index (χ3n) is 5.26. The zero-order valence-corrected chi connectivity index (χ0v) is 16.3. The fourth-order valence-electron chi connectivity index (χ4n) is 3.53. The van der Waals surface area contributed by atoms with Crippen LogP contribution in [-0.2, 0) is 4.79 Å². The molecule has 0 bridgehead atoms. The molecule has 8 nitrogen and oxygen atoms in total. The number of carbonyl (C=O) groups is 2. The lowest BCUT2D eigenvalue weighted by molar-refractivity contribution is -0.124. The first-order valence-corrected chi connectivity index (χ1v) is 9.36. The summed E-state index contributed by atoms with van der Waals surface area (Å²) in [5.74, 6) is 0.626. The number of carbonyl (C=O) groups excluding carboxylic acids is 2. The molecule has 0 spiro atoms. The van der Waals surface area contributed by atoms with Crippen molar-refractivity contribution in [2.45, 2.75) is 13.8 Å². The van der Waals surface area contributed by atoms with Crippen LogP contribution in [0.1, 0.15) is 11.1 Å². The van der Waals surface area contributed by atoms with Crippen LogP contribution in [0.4, 0.5) is 10.5 Å². The normalized spacial score (nSPS) is 18.2. The van der Waals surface area contributed by atoms with Crippen LogP contribution in [0.3, 0.4) is 0 Å². The Morgan fingerprint density at radius 1 is 1.19 bits per heavy atom. The maximum Gasteiger partial charge on any atom is 0.324 e. The standard InChI is InChI=1S/C19H28N6O2/c1-14-5-4-6-16(15(14)2)23-9-11-24(12-10-23)18(20-3)21-7-8-25-17(26)13-22-19(25)27/h4-6H,7-13H2,1-3H3,(H,20,21)(H,22,27). The molecule has 0 unspecified atom stereocenters. The Balaban J connectivity index is 1.51. The van der Waals surface area contributed by atoms with Gasteiger partial charge in [0.2, 0.25) is 5.91 Å². The quantitative estimate of drug-likeness (QED) is 0.458. The lowest BCUT2D eigenvalue weighted by Crippen LogP contribution is -2.53. The van der Waals surface area contributed by atoms with Gasteiger partial charge in [-0.15, -0.1) is 0 Å². The molecule has 0 aliphatic carbocycles. The molecule has 2 aliphatic rings. The smallest absolute Gasteiger partial charge is 0.324 e. The second kappa shape index (κ2) is 8.28. The topological polar surface area (TPSA) is 80.3 Å². The second-order valence-corrected chi connectivity index (χ2v) is 6.87. The van der Waals surface area contributed by atoms with Crippen LogP contribution in [0.25, 0.3) is 0 Å². The Morgan fingerprint density at radius 2 is 1.93 bits per heavy atom. The molecule has 2 aliphatic heterocycles. The first-order valence-electron chi connectivity index (χ1n) is 9.36. The highest BCUT2D eigenvalue weighted by molar-refractivity contribution is 6.01. The van der Waals surface area contributed by atoms with Crippen molar-refractivity contribution >= 4 is 23.6 Å². The summed E-state index contributed by atoms with van der Waals surface area (Å²) < 4.78 is 0. The largest absolute Gasteiger partial charge is 0.368 e. The van der Waals surface area contributed by atoms with Gasteiger partial charge in [-0.05, 0) is 31.0 Å². The Bertz CT molecular complexity index is 724. The van der Waals surface area contributed by atoms with Gasteiger partial charge in [0.25, 0.3) is 0 Å². The Morgan fingerprint density at radius 3 is 2.56 bits per heavy atom. The van der Waals surface area contributed by atoms with E-state index in [4.69, 9.17) is 0 Å². The van der Waals surface area contributed by atoms with E-state index in [1.807, 2.05) is 0 Å². The fraction of sp³-hybridized carbons (Fsp3) is 0.526. The van der Waals surface area contributed by atoms with E-state index in [2.05, 4.69) is 57.5 Å². The van der Waals surface area contributed by atoms with E-state index in [1.54, 1.807) is 7.05 Å². The van der Waals surface area contributed by atoms with E-state index >= 15 is 0 Å². The van der Waals surface area contributed by atoms with Gasteiger partial charge in [0, 0.05) is 52.0 Å². The number of nitrogens with one attached hydrogen (secondary N) is 2. The highest BCUT2D eigenvalue weighted by Crippen LogP contribution is 2.23. The lowest BCUT2D eigenvalue weighted by atomic mass is 10.1. The monoisotopic (exact) mass is 372 g/mol. The minimum atomic E-state index is -0.320. The molecule has 0 atom stereocenters. The number of benzene rings is 1. The first-order chi connectivity index (χ1) is 13.0. The van der Waals surface area contributed by atoms with Crippen LogP contribution in [0.15, 0.2) is 23.2 Å². The molecule has 8 heteroatoms. The SMILES string of the molecule is CN=C(NCCN1C(=O)CNC1=O)N1CCN(c2cccc(C)c2C)CC1. The molecule has 2 saturated heterocycles. The minimum Gasteiger partial charge on any atom is -0.368 e. The van der Waals surface area contributed by atoms with Gasteiger partial charge in [-0.2, -0.15) is 0 Å². The Labute approximate surface area is 160 Å². The van der Waals surface area contributed by atoms with Crippen molar-refractivity contribution in [1.82, 2.24) is 20.4 Å². The number of imide groups is 1. The molecule has 0 saturated carbocycles. The zero-order chi connectivity index (χ0) is 19.4. The van der Waals surface area contributed by atoms with Gasteiger partial charge < -0.3 is 20.4 Å². The van der Waals surface area contributed by atoms with Gasteiger partial charge in [0.1, 0.15) is 0 Å². The van der Waals surface area contributed by atoms with Gasteiger partial charge in [0.05, 0.1) is 6.54 Å². The number of aliphatic imine (C=N–C) groups is 1. The summed E-state index contributed by atoms with van der Waals surface area (Å²) in [6.07, 6.45) is 0. The highest BCUT2D eigenvalue weighted by Gasteiger charge is 2.28. The third kappa shape index (κ3) is 4.15. The van der Waals surface area contributed by atoms with Crippen molar-refractivity contribution in [3.05, 3.63) is 29.3 Å². The Hall–Kier alpha value is -2.77. The van der Waals surface area contributed by atoms with Gasteiger partial charge in [-0.25, -0.2) is 4.79 Å². The van der Waals surface area contributed by atoms with E-state index in [1.165, 1.54) is 21.7 Å². The number of urea groups is 1. The summed E-state index contributed by atoms with van der Waals surface area (Å²) in [7, 11) is 1.76. The van der Waals surface area contributed by atoms with Crippen LogP contribution in [0, 0.1) is 13.8 Å².